The molecule has 3 N–H and O–H groups in total. The number of hydrazine groups is 1. The van der Waals surface area contributed by atoms with Gasteiger partial charge in [0.25, 0.3) is 5.91 Å². The normalized spacial score (nSPS) is 28.1. The molecule has 0 aromatic carbocycles. The van der Waals surface area contributed by atoms with E-state index >= 15 is 0 Å². The molecule has 1 rings (SSSR count). The summed E-state index contributed by atoms with van der Waals surface area (Å²) >= 11 is 0. The van der Waals surface area contributed by atoms with Crippen LogP contribution in [0.5, 0.6) is 0 Å². The number of carbonyl (C=O) groups excluding carboxylic acids is 1. The topological polar surface area (TPSA) is 55.1 Å². The first-order valence-corrected chi connectivity index (χ1v) is 3.33. The van der Waals surface area contributed by atoms with Crippen LogP contribution in [0.3, 0.4) is 0 Å². The number of amides is 1. The highest BCUT2D eigenvalue weighted by molar-refractivity contribution is 5.87. The van der Waals surface area contributed by atoms with Crippen molar-refractivity contribution in [3.8, 4) is 0 Å². The molecule has 0 aromatic heterocycles. The molecule has 0 radical (unpaired) electrons. The van der Waals surface area contributed by atoms with E-state index in [2.05, 4.69) is 0 Å². The summed E-state index contributed by atoms with van der Waals surface area (Å²) in [5.41, 5.74) is -0.703. The van der Waals surface area contributed by atoms with Gasteiger partial charge < -0.3 is 0 Å². The highest BCUT2D eigenvalue weighted by atomic mass is 19.1. The first-order chi connectivity index (χ1) is 5.58. The Bertz CT molecular complexity index is 262. The van der Waals surface area contributed by atoms with Crippen LogP contribution in [0.15, 0.2) is 24.1 Å². The first kappa shape index (κ1) is 8.86. The third-order valence-corrected chi connectivity index (χ3v) is 1.57. The summed E-state index contributed by atoms with van der Waals surface area (Å²) in [7, 11) is 0. The van der Waals surface area contributed by atoms with Gasteiger partial charge in [-0.3, -0.25) is 10.2 Å². The number of hydrogen-bond acceptors (Lipinski definition) is 2. The van der Waals surface area contributed by atoms with Crippen molar-refractivity contribution in [1.82, 2.24) is 5.43 Å². The summed E-state index contributed by atoms with van der Waals surface area (Å²) in [6, 6.07) is 0. The van der Waals surface area contributed by atoms with Crippen LogP contribution < -0.4 is 11.3 Å². The lowest BCUT2D eigenvalue weighted by Gasteiger charge is -2.19. The van der Waals surface area contributed by atoms with Crippen molar-refractivity contribution in [2.75, 3.05) is 0 Å². The molecule has 0 saturated heterocycles. The molecular weight excluding hydrogens is 166 g/mol. The fraction of sp³-hybridized carbons (Fsp3) is 0.286. The van der Waals surface area contributed by atoms with E-state index in [4.69, 9.17) is 5.84 Å². The number of alkyl halides is 1. The average molecular weight is 174 g/mol. The predicted molar refractivity (Wildman–Crippen MR) is 39.1 cm³/mol. The van der Waals surface area contributed by atoms with Gasteiger partial charge in [-0.2, -0.15) is 0 Å². The fourth-order valence-corrected chi connectivity index (χ4v) is 0.947. The Kier molecular flexibility index (Phi) is 2.23. The average Bonchev–Trinajstić information content (AvgIpc) is 2.02. The quantitative estimate of drug-likeness (QED) is 0.345. The maximum absolute atomic E-state index is 13.4. The molecule has 0 bridgehead atoms. The van der Waals surface area contributed by atoms with Crippen LogP contribution in [0.4, 0.5) is 8.78 Å². The van der Waals surface area contributed by atoms with Crippen LogP contribution in [0.2, 0.25) is 0 Å². The number of rotatable bonds is 1. The van der Waals surface area contributed by atoms with Crippen molar-refractivity contribution < 1.29 is 13.6 Å². The molecule has 1 amide bonds. The van der Waals surface area contributed by atoms with Gasteiger partial charge in [0.2, 0.25) is 5.67 Å². The standard InChI is InChI=1S/C7H8F2N2O/c8-5-2-1-3-7(9,4-5)6(12)11-10/h1-2,4H,3,10H2,(H,11,12). The van der Waals surface area contributed by atoms with Crippen molar-refractivity contribution in [1.29, 1.82) is 0 Å². The number of halogens is 2. The zero-order valence-corrected chi connectivity index (χ0v) is 6.18. The Balaban J connectivity index is 2.87. The van der Waals surface area contributed by atoms with Gasteiger partial charge in [0.15, 0.2) is 0 Å². The largest absolute Gasteiger partial charge is 0.291 e. The van der Waals surface area contributed by atoms with Gasteiger partial charge in [0.1, 0.15) is 5.83 Å². The molecule has 0 fully saturated rings. The van der Waals surface area contributed by atoms with Gasteiger partial charge in [-0.25, -0.2) is 14.6 Å². The first-order valence-electron chi connectivity index (χ1n) is 3.33. The van der Waals surface area contributed by atoms with Crippen molar-refractivity contribution in [3.05, 3.63) is 24.1 Å². The molecule has 3 nitrogen and oxygen atoms in total. The lowest BCUT2D eigenvalue weighted by Crippen LogP contribution is -2.45. The molecule has 1 aliphatic carbocycles. The van der Waals surface area contributed by atoms with E-state index in [1.54, 1.807) is 5.43 Å². The van der Waals surface area contributed by atoms with Crippen LogP contribution in [-0.2, 0) is 4.79 Å². The molecule has 0 aliphatic heterocycles. The van der Waals surface area contributed by atoms with Crippen LogP contribution >= 0.6 is 0 Å². The minimum atomic E-state index is -2.34. The molecular formula is C7H8F2N2O. The zero-order valence-electron chi connectivity index (χ0n) is 6.18. The molecule has 1 aliphatic rings. The van der Waals surface area contributed by atoms with Crippen molar-refractivity contribution in [3.63, 3.8) is 0 Å². The number of carbonyl (C=O) groups is 1. The van der Waals surface area contributed by atoms with Gasteiger partial charge in [-0.15, -0.1) is 0 Å². The number of hydrogen-bond donors (Lipinski definition) is 2. The van der Waals surface area contributed by atoms with Crippen LogP contribution in [-0.4, -0.2) is 11.6 Å². The maximum Gasteiger partial charge on any atom is 0.276 e. The van der Waals surface area contributed by atoms with Crippen LogP contribution in [0.1, 0.15) is 6.42 Å². The maximum atomic E-state index is 13.4. The summed E-state index contributed by atoms with van der Waals surface area (Å²) in [5, 5.41) is 0. The lowest BCUT2D eigenvalue weighted by molar-refractivity contribution is -0.130. The van der Waals surface area contributed by atoms with E-state index in [1.165, 1.54) is 6.08 Å². The molecule has 0 aromatic rings. The zero-order chi connectivity index (χ0) is 9.19. The Morgan fingerprint density at radius 2 is 2.42 bits per heavy atom. The molecule has 0 saturated carbocycles. The minimum Gasteiger partial charge on any atom is -0.291 e. The molecule has 1 atom stereocenters. The summed E-state index contributed by atoms with van der Waals surface area (Å²) in [5.74, 6) is 2.91. The Labute approximate surface area is 67.9 Å². The van der Waals surface area contributed by atoms with E-state index in [-0.39, 0.29) is 6.42 Å². The summed E-state index contributed by atoms with van der Waals surface area (Å²) in [6.45, 7) is 0. The molecule has 1 unspecified atom stereocenters. The monoisotopic (exact) mass is 174 g/mol. The smallest absolute Gasteiger partial charge is 0.276 e. The lowest BCUT2D eigenvalue weighted by atomic mass is 9.96. The molecule has 12 heavy (non-hydrogen) atoms. The predicted octanol–water partition coefficient (Wildman–Crippen LogP) is 0.498. The van der Waals surface area contributed by atoms with Gasteiger partial charge >= 0.3 is 0 Å². The van der Waals surface area contributed by atoms with Gasteiger partial charge in [0.05, 0.1) is 0 Å². The van der Waals surface area contributed by atoms with Crippen molar-refractivity contribution in [2.45, 2.75) is 12.1 Å². The number of nitrogens with two attached hydrogens (primary N) is 1. The van der Waals surface area contributed by atoms with Gasteiger partial charge in [0, 0.05) is 6.42 Å². The van der Waals surface area contributed by atoms with Crippen molar-refractivity contribution >= 4 is 5.91 Å². The Morgan fingerprint density at radius 3 is 2.92 bits per heavy atom. The fourth-order valence-electron chi connectivity index (χ4n) is 0.947. The van der Waals surface area contributed by atoms with E-state index in [0.29, 0.717) is 6.08 Å². The van der Waals surface area contributed by atoms with E-state index in [1.807, 2.05) is 0 Å². The van der Waals surface area contributed by atoms with Crippen LogP contribution in [0, 0.1) is 0 Å². The van der Waals surface area contributed by atoms with Gasteiger partial charge in [-0.1, -0.05) is 6.08 Å². The third kappa shape index (κ3) is 1.50. The summed E-state index contributed by atoms with van der Waals surface area (Å²) in [6.07, 6.45) is 2.75. The van der Waals surface area contributed by atoms with E-state index < -0.39 is 17.4 Å². The SMILES string of the molecule is NNC(=O)C1(F)C=C(F)C=CC1. The number of nitrogens with one attached hydrogen (secondary N) is 1. The Hall–Kier alpha value is -1.23. The molecule has 5 heteroatoms. The highest BCUT2D eigenvalue weighted by Crippen LogP contribution is 2.25. The minimum absolute atomic E-state index is 0.191. The van der Waals surface area contributed by atoms with E-state index in [0.717, 1.165) is 6.08 Å². The molecule has 66 valence electrons. The summed E-state index contributed by atoms with van der Waals surface area (Å²) < 4.78 is 25.8. The summed E-state index contributed by atoms with van der Waals surface area (Å²) in [4.78, 5) is 10.8. The third-order valence-electron chi connectivity index (χ3n) is 1.57. The Morgan fingerprint density at radius 1 is 1.75 bits per heavy atom. The second-order valence-corrected chi connectivity index (χ2v) is 2.47. The molecule has 0 heterocycles. The van der Waals surface area contributed by atoms with Crippen molar-refractivity contribution in [2.24, 2.45) is 5.84 Å². The number of allylic oxidation sites excluding steroid dienone is 3. The molecule has 0 spiro atoms. The van der Waals surface area contributed by atoms with E-state index in [9.17, 15) is 13.6 Å². The second-order valence-electron chi connectivity index (χ2n) is 2.47. The van der Waals surface area contributed by atoms with Crippen LogP contribution in [0.25, 0.3) is 0 Å². The highest BCUT2D eigenvalue weighted by Gasteiger charge is 2.36. The van der Waals surface area contributed by atoms with Gasteiger partial charge in [-0.05, 0) is 12.2 Å². The second kappa shape index (κ2) is 3.02.